The lowest BCUT2D eigenvalue weighted by Crippen LogP contribution is -2.30. The van der Waals surface area contributed by atoms with Crippen molar-refractivity contribution in [2.75, 3.05) is 0 Å². The fourth-order valence-corrected chi connectivity index (χ4v) is 1.18. The van der Waals surface area contributed by atoms with Crippen LogP contribution in [0.1, 0.15) is 12.8 Å². The molecule has 0 bridgehead atoms. The lowest BCUT2D eigenvalue weighted by atomic mass is 9.85. The standard InChI is InChI=1S/C5H7ClO2/c6-4-1-3(2-4)5(7)8/h3-4H,1-2H2,(H,7,8)/t3-,4-. The second-order valence-electron chi connectivity index (χ2n) is 2.10. The van der Waals surface area contributed by atoms with Crippen LogP contribution in [0.3, 0.4) is 0 Å². The van der Waals surface area contributed by atoms with Crippen LogP contribution in [-0.2, 0) is 4.79 Å². The Morgan fingerprint density at radius 1 is 1.62 bits per heavy atom. The van der Waals surface area contributed by atoms with Gasteiger partial charge in [0, 0.05) is 5.38 Å². The number of hydrogen-bond donors (Lipinski definition) is 1. The normalized spacial score (nSPS) is 36.1. The molecule has 1 aliphatic rings. The van der Waals surface area contributed by atoms with E-state index in [2.05, 4.69) is 0 Å². The van der Waals surface area contributed by atoms with Crippen molar-refractivity contribution in [2.45, 2.75) is 18.2 Å². The molecule has 1 saturated carbocycles. The molecule has 0 aromatic carbocycles. The van der Waals surface area contributed by atoms with Crippen LogP contribution >= 0.6 is 11.6 Å². The molecule has 3 heteroatoms. The van der Waals surface area contributed by atoms with E-state index in [-0.39, 0.29) is 11.3 Å². The fraction of sp³-hybridized carbons (Fsp3) is 0.800. The summed E-state index contributed by atoms with van der Waals surface area (Å²) in [5.74, 6) is -0.862. The van der Waals surface area contributed by atoms with Crippen LogP contribution in [0.4, 0.5) is 0 Å². The quantitative estimate of drug-likeness (QED) is 0.545. The molecular weight excluding hydrogens is 128 g/mol. The largest absolute Gasteiger partial charge is 0.481 e. The first-order valence-electron chi connectivity index (χ1n) is 2.57. The fourth-order valence-electron chi connectivity index (χ4n) is 0.750. The summed E-state index contributed by atoms with van der Waals surface area (Å²) in [5, 5.41) is 8.41. The van der Waals surface area contributed by atoms with Crippen LogP contribution in [-0.4, -0.2) is 16.5 Å². The van der Waals surface area contributed by atoms with E-state index >= 15 is 0 Å². The summed E-state index contributed by atoms with van der Waals surface area (Å²) in [5.41, 5.74) is 0. The second-order valence-corrected chi connectivity index (χ2v) is 2.72. The molecule has 46 valence electrons. The van der Waals surface area contributed by atoms with Gasteiger partial charge in [0.15, 0.2) is 0 Å². The highest BCUT2D eigenvalue weighted by molar-refractivity contribution is 6.21. The molecule has 0 heterocycles. The van der Waals surface area contributed by atoms with E-state index in [0.29, 0.717) is 12.8 Å². The van der Waals surface area contributed by atoms with E-state index in [9.17, 15) is 4.79 Å². The summed E-state index contributed by atoms with van der Waals surface area (Å²) in [4.78, 5) is 10.1. The Morgan fingerprint density at radius 3 is 2.25 bits per heavy atom. The number of alkyl halides is 1. The van der Waals surface area contributed by atoms with Gasteiger partial charge in [-0.15, -0.1) is 11.6 Å². The van der Waals surface area contributed by atoms with Gasteiger partial charge >= 0.3 is 5.97 Å². The first-order chi connectivity index (χ1) is 3.70. The van der Waals surface area contributed by atoms with E-state index < -0.39 is 5.97 Å². The van der Waals surface area contributed by atoms with E-state index in [1.54, 1.807) is 0 Å². The van der Waals surface area contributed by atoms with Crippen molar-refractivity contribution >= 4 is 17.6 Å². The van der Waals surface area contributed by atoms with Crippen molar-refractivity contribution in [1.82, 2.24) is 0 Å². The van der Waals surface area contributed by atoms with Gasteiger partial charge in [-0.3, -0.25) is 4.79 Å². The van der Waals surface area contributed by atoms with Crippen LogP contribution in [0.2, 0.25) is 0 Å². The van der Waals surface area contributed by atoms with Crippen molar-refractivity contribution in [3.05, 3.63) is 0 Å². The van der Waals surface area contributed by atoms with Gasteiger partial charge in [0.05, 0.1) is 5.92 Å². The molecular formula is C5H7ClO2. The molecule has 0 amide bonds. The third kappa shape index (κ3) is 0.944. The molecule has 2 nitrogen and oxygen atoms in total. The first kappa shape index (κ1) is 5.89. The summed E-state index contributed by atoms with van der Waals surface area (Å²) in [6, 6.07) is 0. The van der Waals surface area contributed by atoms with E-state index in [1.807, 2.05) is 0 Å². The molecule has 0 radical (unpaired) electrons. The maximum Gasteiger partial charge on any atom is 0.306 e. The highest BCUT2D eigenvalue weighted by Crippen LogP contribution is 2.31. The first-order valence-corrected chi connectivity index (χ1v) is 3.00. The van der Waals surface area contributed by atoms with E-state index in [1.165, 1.54) is 0 Å². The third-order valence-electron chi connectivity index (χ3n) is 1.43. The summed E-state index contributed by atoms with van der Waals surface area (Å²) >= 11 is 5.52. The van der Waals surface area contributed by atoms with Crippen LogP contribution in [0.25, 0.3) is 0 Å². The van der Waals surface area contributed by atoms with Crippen LogP contribution in [0, 0.1) is 5.92 Å². The average Bonchev–Trinajstić information content (AvgIpc) is 1.57. The lowest BCUT2D eigenvalue weighted by Gasteiger charge is -2.26. The van der Waals surface area contributed by atoms with Gasteiger partial charge in [-0.1, -0.05) is 0 Å². The van der Waals surface area contributed by atoms with Crippen LogP contribution in [0.15, 0.2) is 0 Å². The molecule has 1 aliphatic carbocycles. The molecule has 0 saturated heterocycles. The predicted molar refractivity (Wildman–Crippen MR) is 30.0 cm³/mol. The minimum absolute atomic E-state index is 0.121. The van der Waals surface area contributed by atoms with Gasteiger partial charge in [0.2, 0.25) is 0 Å². The minimum Gasteiger partial charge on any atom is -0.481 e. The highest BCUT2D eigenvalue weighted by atomic mass is 35.5. The second kappa shape index (κ2) is 1.94. The molecule has 0 atom stereocenters. The van der Waals surface area contributed by atoms with Crippen molar-refractivity contribution in [3.8, 4) is 0 Å². The van der Waals surface area contributed by atoms with E-state index in [4.69, 9.17) is 16.7 Å². The molecule has 1 N–H and O–H groups in total. The van der Waals surface area contributed by atoms with Crippen LogP contribution < -0.4 is 0 Å². The maximum atomic E-state index is 10.1. The monoisotopic (exact) mass is 134 g/mol. The summed E-state index contributed by atoms with van der Waals surface area (Å²) in [7, 11) is 0. The molecule has 8 heavy (non-hydrogen) atoms. The molecule has 0 spiro atoms. The summed E-state index contributed by atoms with van der Waals surface area (Å²) < 4.78 is 0. The molecule has 0 aromatic rings. The number of hydrogen-bond acceptors (Lipinski definition) is 1. The number of aliphatic carboxylic acids is 1. The van der Waals surface area contributed by atoms with Gasteiger partial charge in [-0.25, -0.2) is 0 Å². The Morgan fingerprint density at radius 2 is 2.12 bits per heavy atom. The molecule has 0 aliphatic heterocycles. The topological polar surface area (TPSA) is 37.3 Å². The Labute approximate surface area is 52.5 Å². The van der Waals surface area contributed by atoms with Gasteiger partial charge in [0.1, 0.15) is 0 Å². The Balaban J connectivity index is 2.25. The van der Waals surface area contributed by atoms with E-state index in [0.717, 1.165) is 0 Å². The van der Waals surface area contributed by atoms with Gasteiger partial charge in [-0.05, 0) is 12.8 Å². The van der Waals surface area contributed by atoms with Crippen molar-refractivity contribution in [1.29, 1.82) is 0 Å². The lowest BCUT2D eigenvalue weighted by molar-refractivity contribution is -0.144. The van der Waals surface area contributed by atoms with Crippen molar-refractivity contribution in [3.63, 3.8) is 0 Å². The van der Waals surface area contributed by atoms with Crippen molar-refractivity contribution < 1.29 is 9.90 Å². The number of carboxylic acids is 1. The van der Waals surface area contributed by atoms with Crippen molar-refractivity contribution in [2.24, 2.45) is 5.92 Å². The van der Waals surface area contributed by atoms with Crippen LogP contribution in [0.5, 0.6) is 0 Å². The Bertz CT molecular complexity index is 107. The minimum atomic E-state index is -0.707. The average molecular weight is 135 g/mol. The molecule has 0 aromatic heterocycles. The molecule has 0 unspecified atom stereocenters. The number of carboxylic acid groups (broad SMARTS) is 1. The third-order valence-corrected chi connectivity index (χ3v) is 1.79. The zero-order valence-electron chi connectivity index (χ0n) is 4.30. The number of carbonyl (C=O) groups is 1. The molecule has 1 fully saturated rings. The number of halogens is 1. The Kier molecular flexibility index (Phi) is 1.43. The van der Waals surface area contributed by atoms with Gasteiger partial charge in [-0.2, -0.15) is 0 Å². The SMILES string of the molecule is O=C(O)[C@H]1C[C@H](Cl)C1. The zero-order chi connectivity index (χ0) is 6.15. The number of rotatable bonds is 1. The predicted octanol–water partition coefficient (Wildman–Crippen LogP) is 1.09. The van der Waals surface area contributed by atoms with Gasteiger partial charge < -0.3 is 5.11 Å². The summed E-state index contributed by atoms with van der Waals surface area (Å²) in [6.45, 7) is 0. The van der Waals surface area contributed by atoms with Gasteiger partial charge in [0.25, 0.3) is 0 Å². The molecule has 1 rings (SSSR count). The zero-order valence-corrected chi connectivity index (χ0v) is 5.06. The smallest absolute Gasteiger partial charge is 0.306 e. The maximum absolute atomic E-state index is 10.1. The highest BCUT2D eigenvalue weighted by Gasteiger charge is 2.32. The Hall–Kier alpha value is -0.240. The summed E-state index contributed by atoms with van der Waals surface area (Å²) in [6.07, 6.45) is 1.30.